The molecule has 0 radical (unpaired) electrons. The van der Waals surface area contributed by atoms with Crippen LogP contribution < -0.4 is 0 Å². The lowest BCUT2D eigenvalue weighted by Gasteiger charge is -1.94. The smallest absolute Gasteiger partial charge is 0.258 e. The zero-order valence-corrected chi connectivity index (χ0v) is 12.8. The van der Waals surface area contributed by atoms with Crippen LogP contribution in [0.3, 0.4) is 0 Å². The maximum Gasteiger partial charge on any atom is 0.258 e. The summed E-state index contributed by atoms with van der Waals surface area (Å²) in [6.45, 7) is 0. The summed E-state index contributed by atoms with van der Waals surface area (Å²) in [5.41, 5.74) is 1.83. The molecule has 1 aromatic heterocycles. The van der Waals surface area contributed by atoms with Crippen molar-refractivity contribution in [3.8, 4) is 22.8 Å². The van der Waals surface area contributed by atoms with E-state index >= 15 is 0 Å². The second-order valence-corrected chi connectivity index (χ2v) is 5.77. The normalized spacial score (nSPS) is 10.6. The van der Waals surface area contributed by atoms with Crippen molar-refractivity contribution in [3.63, 3.8) is 0 Å². The molecule has 0 atom stereocenters. The highest BCUT2D eigenvalue weighted by Gasteiger charge is 2.10. The molecule has 0 aliphatic heterocycles. The Kier molecular flexibility index (Phi) is 3.48. The van der Waals surface area contributed by atoms with E-state index in [-0.39, 0.29) is 0 Å². The van der Waals surface area contributed by atoms with Crippen LogP contribution in [0, 0.1) is 0 Å². The topological polar surface area (TPSA) is 38.9 Å². The lowest BCUT2D eigenvalue weighted by atomic mass is 10.2. The number of rotatable bonds is 2. The van der Waals surface area contributed by atoms with Gasteiger partial charge < -0.3 is 4.52 Å². The van der Waals surface area contributed by atoms with Crippen molar-refractivity contribution < 1.29 is 4.52 Å². The van der Waals surface area contributed by atoms with E-state index in [0.717, 1.165) is 20.1 Å². The third kappa shape index (κ3) is 2.77. The third-order valence-electron chi connectivity index (χ3n) is 2.62. The highest BCUT2D eigenvalue weighted by Crippen LogP contribution is 2.24. The molecule has 0 saturated carbocycles. The first-order valence-electron chi connectivity index (χ1n) is 5.58. The predicted octanol–water partition coefficient (Wildman–Crippen LogP) is 4.93. The maximum atomic E-state index is 5.29. The molecule has 0 bridgehead atoms. The van der Waals surface area contributed by atoms with Crippen LogP contribution in [0.2, 0.25) is 0 Å². The highest BCUT2D eigenvalue weighted by atomic mass is 79.9. The van der Waals surface area contributed by atoms with Crippen molar-refractivity contribution in [2.24, 2.45) is 0 Å². The zero-order valence-electron chi connectivity index (χ0n) is 9.68. The summed E-state index contributed by atoms with van der Waals surface area (Å²) in [6.07, 6.45) is 0. The van der Waals surface area contributed by atoms with Gasteiger partial charge in [0.25, 0.3) is 5.89 Å². The van der Waals surface area contributed by atoms with E-state index in [9.17, 15) is 0 Å². The summed E-state index contributed by atoms with van der Waals surface area (Å²) in [6, 6.07) is 15.5. The number of hydrogen-bond donors (Lipinski definition) is 0. The van der Waals surface area contributed by atoms with Crippen molar-refractivity contribution in [1.82, 2.24) is 10.1 Å². The lowest BCUT2D eigenvalue weighted by molar-refractivity contribution is 0.432. The minimum Gasteiger partial charge on any atom is -0.334 e. The van der Waals surface area contributed by atoms with Gasteiger partial charge in [-0.05, 0) is 48.5 Å². The first-order chi connectivity index (χ1) is 9.22. The van der Waals surface area contributed by atoms with Crippen molar-refractivity contribution in [2.45, 2.75) is 0 Å². The van der Waals surface area contributed by atoms with Crippen molar-refractivity contribution in [3.05, 3.63) is 57.5 Å². The SMILES string of the molecule is Brc1ccc(-c2noc(-c3ccc(Br)cc3)n2)cc1. The molecule has 0 unspecified atom stereocenters. The first kappa shape index (κ1) is 12.6. The molecule has 0 aliphatic rings. The predicted molar refractivity (Wildman–Crippen MR) is 80.6 cm³/mol. The fraction of sp³-hybridized carbons (Fsp3) is 0. The lowest BCUT2D eigenvalue weighted by Crippen LogP contribution is -1.81. The van der Waals surface area contributed by atoms with Gasteiger partial charge in [0.1, 0.15) is 0 Å². The Labute approximate surface area is 126 Å². The molecule has 5 heteroatoms. The average molecular weight is 380 g/mol. The number of nitrogens with zero attached hydrogens (tertiary/aromatic N) is 2. The summed E-state index contributed by atoms with van der Waals surface area (Å²) in [5, 5.41) is 4.00. The van der Waals surface area contributed by atoms with Crippen LogP contribution in [-0.2, 0) is 0 Å². The molecule has 0 saturated heterocycles. The molecule has 0 spiro atoms. The summed E-state index contributed by atoms with van der Waals surface area (Å²) < 4.78 is 7.33. The molecule has 0 aliphatic carbocycles. The van der Waals surface area contributed by atoms with Gasteiger partial charge in [0.05, 0.1) is 0 Å². The Hall–Kier alpha value is -1.46. The largest absolute Gasteiger partial charge is 0.334 e. The van der Waals surface area contributed by atoms with Gasteiger partial charge in [-0.15, -0.1) is 0 Å². The number of aromatic nitrogens is 2. The van der Waals surface area contributed by atoms with Crippen LogP contribution in [0.5, 0.6) is 0 Å². The Morgan fingerprint density at radius 3 is 1.84 bits per heavy atom. The van der Waals surface area contributed by atoms with E-state index in [0.29, 0.717) is 11.7 Å². The van der Waals surface area contributed by atoms with Crippen molar-refractivity contribution in [2.75, 3.05) is 0 Å². The molecule has 0 amide bonds. The Balaban J connectivity index is 1.95. The second kappa shape index (κ2) is 5.27. The Morgan fingerprint density at radius 1 is 0.737 bits per heavy atom. The fourth-order valence-corrected chi connectivity index (χ4v) is 2.18. The zero-order chi connectivity index (χ0) is 13.2. The minimum absolute atomic E-state index is 0.519. The first-order valence-corrected chi connectivity index (χ1v) is 7.16. The monoisotopic (exact) mass is 378 g/mol. The van der Waals surface area contributed by atoms with Crippen molar-refractivity contribution in [1.29, 1.82) is 0 Å². The van der Waals surface area contributed by atoms with E-state index in [2.05, 4.69) is 42.0 Å². The second-order valence-electron chi connectivity index (χ2n) is 3.94. The molecular weight excluding hydrogens is 372 g/mol. The van der Waals surface area contributed by atoms with Crippen LogP contribution in [0.4, 0.5) is 0 Å². The average Bonchev–Trinajstić information content (AvgIpc) is 2.90. The van der Waals surface area contributed by atoms with Crippen LogP contribution in [0.15, 0.2) is 62.0 Å². The van der Waals surface area contributed by atoms with Gasteiger partial charge in [0, 0.05) is 20.1 Å². The quantitative estimate of drug-likeness (QED) is 0.633. The van der Waals surface area contributed by atoms with Crippen LogP contribution in [0.25, 0.3) is 22.8 Å². The van der Waals surface area contributed by atoms with E-state index in [1.165, 1.54) is 0 Å². The van der Waals surface area contributed by atoms with Gasteiger partial charge >= 0.3 is 0 Å². The number of benzene rings is 2. The third-order valence-corrected chi connectivity index (χ3v) is 3.68. The van der Waals surface area contributed by atoms with E-state index in [4.69, 9.17) is 4.52 Å². The summed E-state index contributed by atoms with van der Waals surface area (Å²) in [4.78, 5) is 4.40. The molecule has 94 valence electrons. The molecular formula is C14H8Br2N2O. The van der Waals surface area contributed by atoms with Crippen LogP contribution in [0.1, 0.15) is 0 Å². The molecule has 0 fully saturated rings. The Bertz CT molecular complexity index is 630. The number of hydrogen-bond acceptors (Lipinski definition) is 3. The van der Waals surface area contributed by atoms with Gasteiger partial charge in [-0.1, -0.05) is 37.0 Å². The fourth-order valence-electron chi connectivity index (χ4n) is 1.65. The maximum absolute atomic E-state index is 5.29. The van der Waals surface area contributed by atoms with Crippen LogP contribution >= 0.6 is 31.9 Å². The summed E-state index contributed by atoms with van der Waals surface area (Å²) >= 11 is 6.79. The molecule has 3 aromatic rings. The van der Waals surface area contributed by atoms with Gasteiger partial charge in [-0.2, -0.15) is 4.98 Å². The molecule has 3 nitrogen and oxygen atoms in total. The minimum atomic E-state index is 0.519. The number of halogens is 2. The van der Waals surface area contributed by atoms with Gasteiger partial charge in [-0.25, -0.2) is 0 Å². The van der Waals surface area contributed by atoms with Gasteiger partial charge in [0.15, 0.2) is 0 Å². The standard InChI is InChI=1S/C14H8Br2N2O/c15-11-5-1-9(2-6-11)13-17-14(19-18-13)10-3-7-12(16)8-4-10/h1-8H. The van der Waals surface area contributed by atoms with Crippen molar-refractivity contribution >= 4 is 31.9 Å². The van der Waals surface area contributed by atoms with Gasteiger partial charge in [0.2, 0.25) is 5.82 Å². The van der Waals surface area contributed by atoms with E-state index in [1.54, 1.807) is 0 Å². The Morgan fingerprint density at radius 2 is 1.26 bits per heavy atom. The summed E-state index contributed by atoms with van der Waals surface area (Å²) in [5.74, 6) is 1.11. The van der Waals surface area contributed by atoms with Crippen LogP contribution in [-0.4, -0.2) is 10.1 Å². The molecule has 3 rings (SSSR count). The summed E-state index contributed by atoms with van der Waals surface area (Å²) in [7, 11) is 0. The molecule has 0 N–H and O–H groups in total. The van der Waals surface area contributed by atoms with Gasteiger partial charge in [-0.3, -0.25) is 0 Å². The molecule has 2 aromatic carbocycles. The molecule has 19 heavy (non-hydrogen) atoms. The van der Waals surface area contributed by atoms with E-state index in [1.807, 2.05) is 48.5 Å². The highest BCUT2D eigenvalue weighted by molar-refractivity contribution is 9.10. The van der Waals surface area contributed by atoms with E-state index < -0.39 is 0 Å². The molecule has 1 heterocycles.